The number of piperidine rings is 1. The number of carbonyl (C=O) groups excluding carboxylic acids is 3. The average molecular weight is 519 g/mol. The van der Waals surface area contributed by atoms with E-state index in [1.807, 2.05) is 11.4 Å². The van der Waals surface area contributed by atoms with Crippen LogP contribution in [0.3, 0.4) is 0 Å². The van der Waals surface area contributed by atoms with Gasteiger partial charge in [-0.25, -0.2) is 4.79 Å². The molecule has 3 fully saturated rings. The molecule has 3 aliphatic rings. The third-order valence-electron chi connectivity index (χ3n) is 6.79. The van der Waals surface area contributed by atoms with E-state index in [0.29, 0.717) is 29.3 Å². The highest BCUT2D eigenvalue weighted by molar-refractivity contribution is 7.12. The standard InChI is InChI=1S/C20H26N2O4S.C5H4O2S/c23-15-12-26-16-7-3-9-22(18(15)16)20(25)14(11-13-5-1-2-6-13)21-19(24)17-8-4-10-27-17;6-5(7)4-1-2-8-3-4/h4,8,10,13-14,16,18H,1-3,5-7,9,11-12H2,(H,21,24);1-3H,(H,6,7). The number of nitrogens with zero attached hydrogens (tertiary/aromatic N) is 1. The number of rotatable bonds is 6. The minimum absolute atomic E-state index is 0.0164. The van der Waals surface area contributed by atoms with Gasteiger partial charge in [-0.3, -0.25) is 14.4 Å². The van der Waals surface area contributed by atoms with E-state index in [2.05, 4.69) is 5.32 Å². The van der Waals surface area contributed by atoms with Crippen molar-refractivity contribution in [2.24, 2.45) is 5.92 Å². The number of ketones is 1. The summed E-state index contributed by atoms with van der Waals surface area (Å²) >= 11 is 2.75. The Bertz CT molecular complexity index is 1020. The minimum Gasteiger partial charge on any atom is -0.478 e. The van der Waals surface area contributed by atoms with E-state index in [-0.39, 0.29) is 30.3 Å². The number of likely N-dealkylation sites (tertiary alicyclic amines) is 1. The highest BCUT2D eigenvalue weighted by atomic mass is 32.1. The lowest BCUT2D eigenvalue weighted by Crippen LogP contribution is -2.58. The van der Waals surface area contributed by atoms with E-state index in [1.54, 1.807) is 27.8 Å². The maximum atomic E-state index is 13.4. The number of carboxylic acids is 1. The predicted octanol–water partition coefficient (Wildman–Crippen LogP) is 3.83. The molecule has 2 saturated heterocycles. The number of hydrogen-bond acceptors (Lipinski definition) is 7. The second-order valence-electron chi connectivity index (χ2n) is 9.14. The second kappa shape index (κ2) is 11.9. The molecule has 2 N–H and O–H groups in total. The van der Waals surface area contributed by atoms with Crippen LogP contribution < -0.4 is 5.32 Å². The summed E-state index contributed by atoms with van der Waals surface area (Å²) in [7, 11) is 0. The van der Waals surface area contributed by atoms with Crippen LogP contribution in [0, 0.1) is 5.92 Å². The number of nitrogens with one attached hydrogen (secondary N) is 1. The van der Waals surface area contributed by atoms with Gasteiger partial charge in [-0.1, -0.05) is 31.7 Å². The molecule has 2 aromatic heterocycles. The smallest absolute Gasteiger partial charge is 0.336 e. The number of fused-ring (bicyclic) bond motifs is 1. The molecule has 0 aromatic carbocycles. The molecule has 3 unspecified atom stereocenters. The summed E-state index contributed by atoms with van der Waals surface area (Å²) in [5.74, 6) is -0.744. The van der Waals surface area contributed by atoms with Gasteiger partial charge in [0.15, 0.2) is 5.78 Å². The van der Waals surface area contributed by atoms with Crippen LogP contribution in [0.4, 0.5) is 0 Å². The lowest BCUT2D eigenvalue weighted by Gasteiger charge is -2.38. The van der Waals surface area contributed by atoms with E-state index in [4.69, 9.17) is 9.84 Å². The van der Waals surface area contributed by atoms with Gasteiger partial charge in [0, 0.05) is 11.9 Å². The van der Waals surface area contributed by atoms with E-state index in [1.165, 1.54) is 35.5 Å². The molecule has 0 radical (unpaired) electrons. The normalized spacial score (nSPS) is 22.7. The van der Waals surface area contributed by atoms with E-state index in [0.717, 1.165) is 25.7 Å². The molecule has 10 heteroatoms. The number of aromatic carboxylic acids is 1. The van der Waals surface area contributed by atoms with Crippen LogP contribution in [0.5, 0.6) is 0 Å². The number of ether oxygens (including phenoxy) is 1. The van der Waals surface area contributed by atoms with Crippen LogP contribution in [0.25, 0.3) is 0 Å². The van der Waals surface area contributed by atoms with Crippen molar-refractivity contribution in [2.45, 2.75) is 63.1 Å². The molecule has 1 saturated carbocycles. The molecule has 0 spiro atoms. The molecule has 5 rings (SSSR count). The first-order valence-electron chi connectivity index (χ1n) is 12.0. The average Bonchev–Trinajstić information content (AvgIpc) is 3.67. The molecule has 4 heterocycles. The lowest BCUT2D eigenvalue weighted by molar-refractivity contribution is -0.142. The molecule has 1 aliphatic carbocycles. The SMILES string of the molecule is O=C(NC(CC1CCCC1)C(=O)N1CCCC2OCC(=O)C21)c1cccs1.O=C(O)c1ccsc1. The van der Waals surface area contributed by atoms with Crippen molar-refractivity contribution < 1.29 is 29.0 Å². The van der Waals surface area contributed by atoms with Gasteiger partial charge in [0.25, 0.3) is 5.91 Å². The van der Waals surface area contributed by atoms with Crippen molar-refractivity contribution in [3.8, 4) is 0 Å². The maximum Gasteiger partial charge on any atom is 0.336 e. The molecule has 2 aliphatic heterocycles. The second-order valence-corrected chi connectivity index (χ2v) is 10.9. The Morgan fingerprint density at radius 1 is 1.14 bits per heavy atom. The third-order valence-corrected chi connectivity index (χ3v) is 8.34. The maximum absolute atomic E-state index is 13.4. The summed E-state index contributed by atoms with van der Waals surface area (Å²) in [4.78, 5) is 50.6. The fourth-order valence-corrected chi connectivity index (χ4v) is 6.32. The van der Waals surface area contributed by atoms with Crippen LogP contribution in [-0.4, -0.2) is 64.9 Å². The van der Waals surface area contributed by atoms with Crippen molar-refractivity contribution in [3.63, 3.8) is 0 Å². The van der Waals surface area contributed by atoms with E-state index < -0.39 is 18.1 Å². The zero-order chi connectivity index (χ0) is 24.8. The monoisotopic (exact) mass is 518 g/mol. The number of hydrogen-bond donors (Lipinski definition) is 2. The Morgan fingerprint density at radius 3 is 2.57 bits per heavy atom. The first-order valence-corrected chi connectivity index (χ1v) is 13.8. The highest BCUT2D eigenvalue weighted by Crippen LogP contribution is 2.31. The summed E-state index contributed by atoms with van der Waals surface area (Å²) in [5, 5.41) is 16.4. The summed E-state index contributed by atoms with van der Waals surface area (Å²) < 4.78 is 5.57. The Labute approximate surface area is 212 Å². The number of Topliss-reactive ketones (excluding diaryl/α,β-unsaturated/α-hetero) is 1. The molecule has 2 aromatic rings. The topological polar surface area (TPSA) is 113 Å². The minimum atomic E-state index is -0.855. The van der Waals surface area contributed by atoms with Crippen LogP contribution >= 0.6 is 22.7 Å². The molecular formula is C25H30N2O6S2. The van der Waals surface area contributed by atoms with Crippen molar-refractivity contribution in [1.29, 1.82) is 0 Å². The Kier molecular flexibility index (Phi) is 8.69. The van der Waals surface area contributed by atoms with Gasteiger partial charge in [0.2, 0.25) is 5.91 Å². The molecule has 188 valence electrons. The van der Waals surface area contributed by atoms with Crippen LogP contribution in [0.2, 0.25) is 0 Å². The first kappa shape index (κ1) is 25.5. The van der Waals surface area contributed by atoms with Gasteiger partial charge in [-0.2, -0.15) is 11.3 Å². The number of carbonyl (C=O) groups is 4. The van der Waals surface area contributed by atoms with Gasteiger partial charge in [-0.05, 0) is 48.1 Å². The van der Waals surface area contributed by atoms with Gasteiger partial charge in [0.1, 0.15) is 18.7 Å². The zero-order valence-corrected chi connectivity index (χ0v) is 21.0. The number of thiophene rings is 2. The van der Waals surface area contributed by atoms with E-state index in [9.17, 15) is 19.2 Å². The van der Waals surface area contributed by atoms with Crippen LogP contribution in [0.15, 0.2) is 34.3 Å². The van der Waals surface area contributed by atoms with Gasteiger partial charge in [0.05, 0.1) is 16.5 Å². The predicted molar refractivity (Wildman–Crippen MR) is 133 cm³/mol. The Morgan fingerprint density at radius 2 is 1.94 bits per heavy atom. The van der Waals surface area contributed by atoms with Crippen molar-refractivity contribution in [3.05, 3.63) is 44.8 Å². The quantitative estimate of drug-likeness (QED) is 0.601. The lowest BCUT2D eigenvalue weighted by atomic mass is 9.93. The molecule has 3 atom stereocenters. The summed E-state index contributed by atoms with van der Waals surface area (Å²) in [6.07, 6.45) is 6.69. The fraction of sp³-hybridized carbons (Fsp3) is 0.520. The van der Waals surface area contributed by atoms with Crippen LogP contribution in [-0.2, 0) is 14.3 Å². The zero-order valence-electron chi connectivity index (χ0n) is 19.4. The number of carboxylic acid groups (broad SMARTS) is 1. The number of amides is 2. The van der Waals surface area contributed by atoms with Crippen molar-refractivity contribution >= 4 is 46.2 Å². The third kappa shape index (κ3) is 6.36. The largest absolute Gasteiger partial charge is 0.478 e. The summed E-state index contributed by atoms with van der Waals surface area (Å²) in [5.41, 5.74) is 0.370. The highest BCUT2D eigenvalue weighted by Gasteiger charge is 2.46. The Balaban J connectivity index is 0.000000308. The van der Waals surface area contributed by atoms with Gasteiger partial charge < -0.3 is 20.1 Å². The summed E-state index contributed by atoms with van der Waals surface area (Å²) in [6.45, 7) is 0.652. The molecular weight excluding hydrogens is 488 g/mol. The molecule has 2 amide bonds. The molecule has 8 nitrogen and oxygen atoms in total. The fourth-order valence-electron chi connectivity index (χ4n) is 5.06. The van der Waals surface area contributed by atoms with Gasteiger partial charge >= 0.3 is 5.97 Å². The Hall–Kier alpha value is -2.56. The summed E-state index contributed by atoms with van der Waals surface area (Å²) in [6, 6.07) is 4.12. The van der Waals surface area contributed by atoms with Crippen molar-refractivity contribution in [2.75, 3.05) is 13.2 Å². The van der Waals surface area contributed by atoms with E-state index >= 15 is 0 Å². The first-order chi connectivity index (χ1) is 16.9. The molecule has 35 heavy (non-hydrogen) atoms. The van der Waals surface area contributed by atoms with Crippen molar-refractivity contribution in [1.82, 2.24) is 10.2 Å². The molecule has 0 bridgehead atoms. The van der Waals surface area contributed by atoms with Gasteiger partial charge in [-0.15, -0.1) is 11.3 Å². The van der Waals surface area contributed by atoms with Crippen LogP contribution in [0.1, 0.15) is 65.0 Å².